The summed E-state index contributed by atoms with van der Waals surface area (Å²) in [4.78, 5) is 0. The minimum atomic E-state index is -2.85. The first kappa shape index (κ1) is 13.6. The van der Waals surface area contributed by atoms with Crippen molar-refractivity contribution in [3.63, 3.8) is 0 Å². The Labute approximate surface area is 119 Å². The van der Waals surface area contributed by atoms with Crippen LogP contribution in [0.2, 0.25) is 0 Å². The van der Waals surface area contributed by atoms with Crippen LogP contribution in [0.3, 0.4) is 0 Å². The Morgan fingerprint density at radius 3 is 2.60 bits per heavy atom. The van der Waals surface area contributed by atoms with Crippen molar-refractivity contribution in [2.75, 3.05) is 11.5 Å². The molecule has 20 heavy (non-hydrogen) atoms. The molecule has 1 saturated heterocycles. The molecule has 0 amide bonds. The fourth-order valence-corrected chi connectivity index (χ4v) is 4.86. The molecule has 106 valence electrons. The molecule has 1 heterocycles. The summed E-state index contributed by atoms with van der Waals surface area (Å²) in [5.74, 6) is 0.650. The first-order valence-electron chi connectivity index (χ1n) is 6.97. The van der Waals surface area contributed by atoms with Gasteiger partial charge in [-0.1, -0.05) is 42.5 Å². The van der Waals surface area contributed by atoms with E-state index in [2.05, 4.69) is 30.3 Å². The number of sulfone groups is 1. The molecule has 4 heteroatoms. The standard InChI is InChI=1S/C16H19NO2S/c17-16(15-7-8-20(18,19)11-15)10-12-5-6-13-3-1-2-4-14(13)9-12/h1-6,9,15-16H,7-8,10-11,17H2. The molecule has 0 aromatic heterocycles. The Kier molecular flexibility index (Phi) is 3.52. The van der Waals surface area contributed by atoms with E-state index in [1.54, 1.807) is 0 Å². The van der Waals surface area contributed by atoms with E-state index >= 15 is 0 Å². The van der Waals surface area contributed by atoms with Gasteiger partial charge in [0.15, 0.2) is 9.84 Å². The fourth-order valence-electron chi connectivity index (χ4n) is 2.97. The van der Waals surface area contributed by atoms with Crippen molar-refractivity contribution in [1.29, 1.82) is 0 Å². The van der Waals surface area contributed by atoms with Crippen LogP contribution in [0.4, 0.5) is 0 Å². The Morgan fingerprint density at radius 1 is 1.15 bits per heavy atom. The van der Waals surface area contributed by atoms with Gasteiger partial charge in [0.1, 0.15) is 0 Å². The monoisotopic (exact) mass is 289 g/mol. The molecule has 3 nitrogen and oxygen atoms in total. The minimum absolute atomic E-state index is 0.0755. The maximum absolute atomic E-state index is 11.5. The highest BCUT2D eigenvalue weighted by atomic mass is 32.2. The quantitative estimate of drug-likeness (QED) is 0.941. The van der Waals surface area contributed by atoms with Gasteiger partial charge in [0.25, 0.3) is 0 Å². The largest absolute Gasteiger partial charge is 0.327 e. The second-order valence-corrected chi connectivity index (χ2v) is 7.94. The maximum Gasteiger partial charge on any atom is 0.150 e. The van der Waals surface area contributed by atoms with E-state index in [9.17, 15) is 8.42 Å². The summed E-state index contributed by atoms with van der Waals surface area (Å²) < 4.78 is 23.0. The van der Waals surface area contributed by atoms with Crippen LogP contribution in [0, 0.1) is 5.92 Å². The number of rotatable bonds is 3. The zero-order chi connectivity index (χ0) is 14.2. The molecule has 2 unspecified atom stereocenters. The van der Waals surface area contributed by atoms with Gasteiger partial charge < -0.3 is 5.73 Å². The van der Waals surface area contributed by atoms with Gasteiger partial charge in [0.05, 0.1) is 11.5 Å². The van der Waals surface area contributed by atoms with Crippen molar-refractivity contribution in [3.8, 4) is 0 Å². The summed E-state index contributed by atoms with van der Waals surface area (Å²) in [6.45, 7) is 0. The highest BCUT2D eigenvalue weighted by molar-refractivity contribution is 7.91. The van der Waals surface area contributed by atoms with Crippen molar-refractivity contribution >= 4 is 20.6 Å². The highest BCUT2D eigenvalue weighted by Gasteiger charge is 2.31. The van der Waals surface area contributed by atoms with Crippen molar-refractivity contribution < 1.29 is 8.42 Å². The molecule has 2 atom stereocenters. The van der Waals surface area contributed by atoms with Crippen LogP contribution in [0.5, 0.6) is 0 Å². The predicted molar refractivity (Wildman–Crippen MR) is 82.4 cm³/mol. The Bertz CT molecular complexity index is 724. The van der Waals surface area contributed by atoms with Gasteiger partial charge in [-0.2, -0.15) is 0 Å². The molecule has 2 aromatic carbocycles. The summed E-state index contributed by atoms with van der Waals surface area (Å²) in [5.41, 5.74) is 7.39. The first-order valence-corrected chi connectivity index (χ1v) is 8.79. The van der Waals surface area contributed by atoms with Crippen molar-refractivity contribution in [1.82, 2.24) is 0 Å². The van der Waals surface area contributed by atoms with E-state index in [-0.39, 0.29) is 17.7 Å². The van der Waals surface area contributed by atoms with E-state index in [4.69, 9.17) is 5.73 Å². The third-order valence-corrected chi connectivity index (χ3v) is 5.95. The fraction of sp³-hybridized carbons (Fsp3) is 0.375. The molecule has 0 saturated carbocycles. The smallest absolute Gasteiger partial charge is 0.150 e. The van der Waals surface area contributed by atoms with Crippen LogP contribution in [0.15, 0.2) is 42.5 Å². The van der Waals surface area contributed by atoms with Gasteiger partial charge in [0, 0.05) is 6.04 Å². The van der Waals surface area contributed by atoms with Gasteiger partial charge in [-0.25, -0.2) is 8.42 Å². The summed E-state index contributed by atoms with van der Waals surface area (Å²) in [5, 5.41) is 2.42. The third-order valence-electron chi connectivity index (χ3n) is 4.16. The number of nitrogens with two attached hydrogens (primary N) is 1. The zero-order valence-corrected chi connectivity index (χ0v) is 12.1. The first-order chi connectivity index (χ1) is 9.53. The van der Waals surface area contributed by atoms with E-state index in [0.29, 0.717) is 12.2 Å². The summed E-state index contributed by atoms with van der Waals surface area (Å²) >= 11 is 0. The van der Waals surface area contributed by atoms with Gasteiger partial charge in [-0.3, -0.25) is 0 Å². The lowest BCUT2D eigenvalue weighted by molar-refractivity contribution is 0.461. The van der Waals surface area contributed by atoms with Gasteiger partial charge in [0.2, 0.25) is 0 Å². The van der Waals surface area contributed by atoms with Gasteiger partial charge in [-0.05, 0) is 35.1 Å². The minimum Gasteiger partial charge on any atom is -0.327 e. The lowest BCUT2D eigenvalue weighted by Gasteiger charge is -2.18. The second-order valence-electron chi connectivity index (χ2n) is 5.71. The average molecular weight is 289 g/mol. The lowest BCUT2D eigenvalue weighted by Crippen LogP contribution is -2.33. The molecule has 1 fully saturated rings. The normalized spacial score (nSPS) is 22.9. The highest BCUT2D eigenvalue weighted by Crippen LogP contribution is 2.24. The third kappa shape index (κ3) is 2.86. The van der Waals surface area contributed by atoms with Crippen LogP contribution in [0.25, 0.3) is 10.8 Å². The maximum atomic E-state index is 11.5. The van der Waals surface area contributed by atoms with Crippen LogP contribution in [-0.2, 0) is 16.3 Å². The number of hydrogen-bond donors (Lipinski definition) is 1. The molecule has 2 N–H and O–H groups in total. The molecular formula is C16H19NO2S. The SMILES string of the molecule is NC(Cc1ccc2ccccc2c1)C1CCS(=O)(=O)C1. The van der Waals surface area contributed by atoms with Crippen LogP contribution in [-0.4, -0.2) is 26.0 Å². The van der Waals surface area contributed by atoms with Gasteiger partial charge in [-0.15, -0.1) is 0 Å². The number of benzene rings is 2. The molecular weight excluding hydrogens is 270 g/mol. The molecule has 3 rings (SSSR count). The van der Waals surface area contributed by atoms with E-state index in [0.717, 1.165) is 6.42 Å². The molecule has 0 radical (unpaired) electrons. The van der Waals surface area contributed by atoms with Crippen molar-refractivity contribution in [2.45, 2.75) is 18.9 Å². The van der Waals surface area contributed by atoms with E-state index in [1.807, 2.05) is 12.1 Å². The molecule has 2 aromatic rings. The van der Waals surface area contributed by atoms with Crippen LogP contribution in [0.1, 0.15) is 12.0 Å². The van der Waals surface area contributed by atoms with Crippen molar-refractivity contribution in [2.24, 2.45) is 11.7 Å². The molecule has 1 aliphatic rings. The Hall–Kier alpha value is -1.39. The topological polar surface area (TPSA) is 60.2 Å². The lowest BCUT2D eigenvalue weighted by atomic mass is 9.93. The average Bonchev–Trinajstić information content (AvgIpc) is 2.79. The van der Waals surface area contributed by atoms with E-state index in [1.165, 1.54) is 16.3 Å². The molecule has 0 aliphatic carbocycles. The number of fused-ring (bicyclic) bond motifs is 1. The molecule has 1 aliphatic heterocycles. The van der Waals surface area contributed by atoms with Crippen LogP contribution < -0.4 is 5.73 Å². The summed E-state index contributed by atoms with van der Waals surface area (Å²) in [7, 11) is -2.85. The Balaban J connectivity index is 1.76. The summed E-state index contributed by atoms with van der Waals surface area (Å²) in [6.07, 6.45) is 1.45. The van der Waals surface area contributed by atoms with Crippen LogP contribution >= 0.6 is 0 Å². The van der Waals surface area contributed by atoms with Gasteiger partial charge >= 0.3 is 0 Å². The van der Waals surface area contributed by atoms with Crippen molar-refractivity contribution in [3.05, 3.63) is 48.0 Å². The molecule has 0 bridgehead atoms. The second kappa shape index (κ2) is 5.19. The predicted octanol–water partition coefficient (Wildman–Crippen LogP) is 2.14. The Morgan fingerprint density at radius 2 is 1.90 bits per heavy atom. The number of hydrogen-bond acceptors (Lipinski definition) is 3. The zero-order valence-electron chi connectivity index (χ0n) is 11.3. The van der Waals surface area contributed by atoms with E-state index < -0.39 is 9.84 Å². The molecule has 0 spiro atoms. The summed E-state index contributed by atoms with van der Waals surface area (Å²) in [6, 6.07) is 14.5.